The van der Waals surface area contributed by atoms with Crippen LogP contribution in [-0.4, -0.2) is 48.0 Å². The lowest BCUT2D eigenvalue weighted by molar-refractivity contribution is 0.0746. The Balaban J connectivity index is 1.42. The minimum atomic E-state index is -0.403. The van der Waals surface area contributed by atoms with Gasteiger partial charge in [-0.3, -0.25) is 14.9 Å². The Kier molecular flexibility index (Phi) is 7.67. The normalized spacial score (nSPS) is 13.4. The summed E-state index contributed by atoms with van der Waals surface area (Å²) in [7, 11) is 0. The van der Waals surface area contributed by atoms with Crippen LogP contribution in [0, 0.1) is 0 Å². The number of anilines is 2. The van der Waals surface area contributed by atoms with Crippen LogP contribution in [0.2, 0.25) is 10.0 Å². The van der Waals surface area contributed by atoms with Gasteiger partial charge >= 0.3 is 0 Å². The monoisotopic (exact) mass is 512 g/mol. The first kappa shape index (κ1) is 24.0. The van der Waals surface area contributed by atoms with Crippen LogP contribution >= 0.6 is 35.4 Å². The van der Waals surface area contributed by atoms with Crippen LogP contribution < -0.4 is 15.5 Å². The molecule has 3 aromatic carbocycles. The highest BCUT2D eigenvalue weighted by Crippen LogP contribution is 2.30. The third-order valence-electron chi connectivity index (χ3n) is 5.48. The molecular weight excluding hydrogens is 491 g/mol. The zero-order valence-electron chi connectivity index (χ0n) is 18.1. The van der Waals surface area contributed by atoms with E-state index in [0.29, 0.717) is 53.0 Å². The topological polar surface area (TPSA) is 64.7 Å². The Labute approximate surface area is 213 Å². The van der Waals surface area contributed by atoms with Crippen LogP contribution in [-0.2, 0) is 0 Å². The molecule has 0 spiro atoms. The second-order valence-corrected chi connectivity index (χ2v) is 8.95. The van der Waals surface area contributed by atoms with E-state index in [1.54, 1.807) is 36.4 Å². The van der Waals surface area contributed by atoms with Crippen molar-refractivity contribution in [2.75, 3.05) is 36.4 Å². The predicted molar refractivity (Wildman–Crippen MR) is 141 cm³/mol. The quantitative estimate of drug-likeness (QED) is 0.477. The second kappa shape index (κ2) is 10.9. The van der Waals surface area contributed by atoms with E-state index < -0.39 is 5.91 Å². The zero-order valence-corrected chi connectivity index (χ0v) is 20.5. The van der Waals surface area contributed by atoms with Gasteiger partial charge in [-0.05, 0) is 54.7 Å². The molecule has 1 aliphatic heterocycles. The summed E-state index contributed by atoms with van der Waals surface area (Å²) in [5, 5.41) is 6.74. The summed E-state index contributed by atoms with van der Waals surface area (Å²) in [4.78, 5) is 29.3. The fourth-order valence-electron chi connectivity index (χ4n) is 3.77. The number of carbonyl (C=O) groups is 2. The molecule has 1 fully saturated rings. The lowest BCUT2D eigenvalue weighted by Gasteiger charge is -2.37. The molecule has 1 heterocycles. The SMILES string of the molecule is O=C(NC(=S)Nc1cc(Cl)ccc1N1CCN(C(=O)c2ccccc2)CC1)c1ccccc1Cl. The lowest BCUT2D eigenvalue weighted by Crippen LogP contribution is -2.49. The van der Waals surface area contributed by atoms with E-state index in [2.05, 4.69) is 15.5 Å². The summed E-state index contributed by atoms with van der Waals surface area (Å²) in [6, 6.07) is 21.5. The highest BCUT2D eigenvalue weighted by atomic mass is 35.5. The number of halogens is 2. The number of benzene rings is 3. The van der Waals surface area contributed by atoms with E-state index in [1.165, 1.54) is 0 Å². The molecule has 3 aromatic rings. The van der Waals surface area contributed by atoms with Gasteiger partial charge in [-0.25, -0.2) is 0 Å². The number of amides is 2. The molecular formula is C25H22Cl2N4O2S. The van der Waals surface area contributed by atoms with Gasteiger partial charge in [-0.15, -0.1) is 0 Å². The number of thiocarbonyl (C=S) groups is 1. The molecule has 9 heteroatoms. The van der Waals surface area contributed by atoms with Crippen molar-refractivity contribution >= 4 is 63.7 Å². The molecule has 0 atom stereocenters. The Bertz CT molecular complexity index is 1210. The largest absolute Gasteiger partial charge is 0.366 e. The zero-order chi connectivity index (χ0) is 24.1. The molecule has 6 nitrogen and oxygen atoms in total. The van der Waals surface area contributed by atoms with Gasteiger partial charge in [0.2, 0.25) is 0 Å². The van der Waals surface area contributed by atoms with Crippen molar-refractivity contribution in [3.8, 4) is 0 Å². The predicted octanol–water partition coefficient (Wildman–Crippen LogP) is 5.08. The number of carbonyl (C=O) groups excluding carboxylic acids is 2. The van der Waals surface area contributed by atoms with Crippen LogP contribution in [0.5, 0.6) is 0 Å². The summed E-state index contributed by atoms with van der Waals surface area (Å²) >= 11 is 17.7. The van der Waals surface area contributed by atoms with Crippen molar-refractivity contribution in [2.45, 2.75) is 0 Å². The summed E-state index contributed by atoms with van der Waals surface area (Å²) in [5.74, 6) is -0.377. The molecule has 4 rings (SSSR count). The molecule has 0 aromatic heterocycles. The van der Waals surface area contributed by atoms with Crippen molar-refractivity contribution in [3.63, 3.8) is 0 Å². The summed E-state index contributed by atoms with van der Waals surface area (Å²) in [6.07, 6.45) is 0. The average Bonchev–Trinajstić information content (AvgIpc) is 2.84. The fraction of sp³-hybridized carbons (Fsp3) is 0.160. The Hall–Kier alpha value is -3.13. The minimum absolute atomic E-state index is 0.0261. The molecule has 2 N–H and O–H groups in total. The van der Waals surface area contributed by atoms with Crippen molar-refractivity contribution < 1.29 is 9.59 Å². The maximum atomic E-state index is 12.8. The van der Waals surface area contributed by atoms with Crippen LogP contribution in [0.3, 0.4) is 0 Å². The second-order valence-electron chi connectivity index (χ2n) is 7.69. The maximum absolute atomic E-state index is 12.8. The Morgan fingerprint density at radius 3 is 2.24 bits per heavy atom. The van der Waals surface area contributed by atoms with E-state index >= 15 is 0 Å². The molecule has 1 aliphatic rings. The fourth-order valence-corrected chi connectivity index (χ4v) is 4.36. The average molecular weight is 513 g/mol. The third-order valence-corrected chi connectivity index (χ3v) is 6.25. The molecule has 174 valence electrons. The molecule has 0 bridgehead atoms. The maximum Gasteiger partial charge on any atom is 0.258 e. The van der Waals surface area contributed by atoms with Crippen LogP contribution in [0.1, 0.15) is 20.7 Å². The van der Waals surface area contributed by atoms with Gasteiger partial charge in [0.25, 0.3) is 11.8 Å². The van der Waals surface area contributed by atoms with Crippen molar-refractivity contribution in [2.24, 2.45) is 0 Å². The Morgan fingerprint density at radius 1 is 0.853 bits per heavy atom. The number of hydrogen-bond donors (Lipinski definition) is 2. The smallest absolute Gasteiger partial charge is 0.258 e. The number of hydrogen-bond acceptors (Lipinski definition) is 4. The first-order chi connectivity index (χ1) is 16.4. The van der Waals surface area contributed by atoms with Gasteiger partial charge in [0.15, 0.2) is 5.11 Å². The summed E-state index contributed by atoms with van der Waals surface area (Å²) < 4.78 is 0. The van der Waals surface area contributed by atoms with Gasteiger partial charge in [-0.1, -0.05) is 53.5 Å². The number of nitrogens with one attached hydrogen (secondary N) is 2. The molecule has 1 saturated heterocycles. The van der Waals surface area contributed by atoms with E-state index in [1.807, 2.05) is 41.3 Å². The molecule has 0 aliphatic carbocycles. The van der Waals surface area contributed by atoms with Gasteiger partial charge in [0.1, 0.15) is 0 Å². The first-order valence-electron chi connectivity index (χ1n) is 10.7. The van der Waals surface area contributed by atoms with Crippen LogP contribution in [0.25, 0.3) is 0 Å². The third kappa shape index (κ3) is 5.67. The summed E-state index contributed by atoms with van der Waals surface area (Å²) in [5.41, 5.74) is 2.56. The molecule has 34 heavy (non-hydrogen) atoms. The van der Waals surface area contributed by atoms with E-state index in [0.717, 1.165) is 5.69 Å². The lowest BCUT2D eigenvalue weighted by atomic mass is 10.1. The standard InChI is InChI=1S/C25H22Cl2N4O2S/c26-18-10-11-22(30-12-14-31(15-13-30)24(33)17-6-2-1-3-7-17)21(16-18)28-25(34)29-23(32)19-8-4-5-9-20(19)27/h1-11,16H,12-15H2,(H2,28,29,32,34). The molecule has 0 radical (unpaired) electrons. The first-order valence-corrected chi connectivity index (χ1v) is 11.8. The van der Waals surface area contributed by atoms with E-state index in [-0.39, 0.29) is 11.0 Å². The van der Waals surface area contributed by atoms with Gasteiger partial charge in [-0.2, -0.15) is 0 Å². The van der Waals surface area contributed by atoms with Crippen LogP contribution in [0.4, 0.5) is 11.4 Å². The highest BCUT2D eigenvalue weighted by Gasteiger charge is 2.24. The Morgan fingerprint density at radius 2 is 1.53 bits per heavy atom. The van der Waals surface area contributed by atoms with Crippen LogP contribution in [0.15, 0.2) is 72.8 Å². The minimum Gasteiger partial charge on any atom is -0.366 e. The molecule has 0 saturated carbocycles. The highest BCUT2D eigenvalue weighted by molar-refractivity contribution is 7.80. The summed E-state index contributed by atoms with van der Waals surface area (Å²) in [6.45, 7) is 2.47. The molecule has 0 unspecified atom stereocenters. The van der Waals surface area contributed by atoms with E-state index in [4.69, 9.17) is 35.4 Å². The van der Waals surface area contributed by atoms with Gasteiger partial charge in [0.05, 0.1) is 22.0 Å². The van der Waals surface area contributed by atoms with Crippen molar-refractivity contribution in [3.05, 3.63) is 94.0 Å². The van der Waals surface area contributed by atoms with Gasteiger partial charge in [0, 0.05) is 36.8 Å². The van der Waals surface area contributed by atoms with Crippen molar-refractivity contribution in [1.82, 2.24) is 10.2 Å². The number of rotatable bonds is 4. The number of piperazine rings is 1. The number of nitrogens with zero attached hydrogens (tertiary/aromatic N) is 2. The van der Waals surface area contributed by atoms with Gasteiger partial charge < -0.3 is 15.1 Å². The molecule has 2 amide bonds. The van der Waals surface area contributed by atoms with Crippen molar-refractivity contribution in [1.29, 1.82) is 0 Å². The van der Waals surface area contributed by atoms with E-state index in [9.17, 15) is 9.59 Å².